The number of hydrogen-bond donors (Lipinski definition) is 3. The van der Waals surface area contributed by atoms with Crippen LogP contribution in [0, 0.1) is 10.5 Å². The zero-order chi connectivity index (χ0) is 19.6. The molecule has 3 rings (SSSR count). The molecule has 4 amide bonds. The van der Waals surface area contributed by atoms with E-state index in [1.54, 1.807) is 30.3 Å². The lowest BCUT2D eigenvalue weighted by atomic mass is 10.2. The number of carbonyl (C=O) groups is 3. The molecule has 138 valence electrons. The second kappa shape index (κ2) is 7.78. The van der Waals surface area contributed by atoms with Gasteiger partial charge in [-0.1, -0.05) is 18.2 Å². The van der Waals surface area contributed by atoms with E-state index < -0.39 is 17.8 Å². The first-order chi connectivity index (χ1) is 12.8. The first-order valence-electron chi connectivity index (χ1n) is 8.03. The molecule has 2 aromatic rings. The van der Waals surface area contributed by atoms with Gasteiger partial charge in [-0.2, -0.15) is 0 Å². The van der Waals surface area contributed by atoms with Crippen molar-refractivity contribution in [2.75, 3.05) is 11.9 Å². The SMILES string of the molecule is Cc1cccc(NC(=O)CN2C(=O)N/C(=C\c3ccc(O)c(I)c3)C2=O)c1. The highest BCUT2D eigenvalue weighted by Crippen LogP contribution is 2.22. The van der Waals surface area contributed by atoms with E-state index >= 15 is 0 Å². The molecule has 8 heteroatoms. The lowest BCUT2D eigenvalue weighted by Gasteiger charge is -2.12. The van der Waals surface area contributed by atoms with Crippen molar-refractivity contribution in [3.63, 3.8) is 0 Å². The van der Waals surface area contributed by atoms with Gasteiger partial charge in [-0.15, -0.1) is 0 Å². The second-order valence-corrected chi connectivity index (χ2v) is 7.17. The van der Waals surface area contributed by atoms with Crippen molar-refractivity contribution < 1.29 is 19.5 Å². The highest BCUT2D eigenvalue weighted by Gasteiger charge is 2.34. The Bertz CT molecular complexity index is 971. The van der Waals surface area contributed by atoms with E-state index in [1.165, 1.54) is 12.1 Å². The van der Waals surface area contributed by atoms with Gasteiger partial charge in [0.15, 0.2) is 0 Å². The third-order valence-electron chi connectivity index (χ3n) is 3.85. The quantitative estimate of drug-likeness (QED) is 0.359. The molecule has 27 heavy (non-hydrogen) atoms. The minimum Gasteiger partial charge on any atom is -0.507 e. The van der Waals surface area contributed by atoms with Crippen molar-refractivity contribution >= 4 is 52.2 Å². The van der Waals surface area contributed by atoms with Gasteiger partial charge in [-0.3, -0.25) is 9.59 Å². The van der Waals surface area contributed by atoms with E-state index in [-0.39, 0.29) is 18.0 Å². The van der Waals surface area contributed by atoms with Crippen LogP contribution in [0.5, 0.6) is 5.75 Å². The number of nitrogens with one attached hydrogen (secondary N) is 2. The van der Waals surface area contributed by atoms with E-state index in [0.717, 1.165) is 10.5 Å². The van der Waals surface area contributed by atoms with Gasteiger partial charge < -0.3 is 15.7 Å². The fourth-order valence-electron chi connectivity index (χ4n) is 2.56. The van der Waals surface area contributed by atoms with E-state index in [1.807, 2.05) is 35.6 Å². The molecule has 0 aliphatic carbocycles. The van der Waals surface area contributed by atoms with E-state index in [0.29, 0.717) is 14.8 Å². The van der Waals surface area contributed by atoms with Gasteiger partial charge in [0.2, 0.25) is 5.91 Å². The number of imide groups is 1. The average Bonchev–Trinajstić information content (AvgIpc) is 2.85. The molecule has 7 nitrogen and oxygen atoms in total. The van der Waals surface area contributed by atoms with Gasteiger partial charge >= 0.3 is 6.03 Å². The number of urea groups is 1. The minimum absolute atomic E-state index is 0.0739. The van der Waals surface area contributed by atoms with E-state index in [4.69, 9.17) is 0 Å². The van der Waals surface area contributed by atoms with Crippen molar-refractivity contribution in [3.05, 3.63) is 62.9 Å². The molecule has 0 bridgehead atoms. The van der Waals surface area contributed by atoms with Crippen LogP contribution >= 0.6 is 22.6 Å². The number of benzene rings is 2. The van der Waals surface area contributed by atoms with Crippen LogP contribution in [0.15, 0.2) is 48.2 Å². The molecule has 1 aliphatic heterocycles. The number of hydrogen-bond acceptors (Lipinski definition) is 4. The fourth-order valence-corrected chi connectivity index (χ4v) is 3.10. The molecule has 0 spiro atoms. The number of aryl methyl sites for hydroxylation is 1. The summed E-state index contributed by atoms with van der Waals surface area (Å²) in [5.41, 5.74) is 2.30. The number of halogens is 1. The van der Waals surface area contributed by atoms with Crippen molar-refractivity contribution in [2.24, 2.45) is 0 Å². The Morgan fingerprint density at radius 2 is 2.04 bits per heavy atom. The van der Waals surface area contributed by atoms with Gasteiger partial charge in [0.1, 0.15) is 18.0 Å². The van der Waals surface area contributed by atoms with Crippen LogP contribution in [0.1, 0.15) is 11.1 Å². The Morgan fingerprint density at radius 1 is 1.26 bits per heavy atom. The zero-order valence-electron chi connectivity index (χ0n) is 14.3. The van der Waals surface area contributed by atoms with E-state index in [9.17, 15) is 19.5 Å². The summed E-state index contributed by atoms with van der Waals surface area (Å²) in [7, 11) is 0. The maximum Gasteiger partial charge on any atom is 0.329 e. The molecule has 1 heterocycles. The predicted molar refractivity (Wildman–Crippen MR) is 109 cm³/mol. The lowest BCUT2D eigenvalue weighted by molar-refractivity contribution is -0.127. The van der Waals surface area contributed by atoms with Gasteiger partial charge in [0.25, 0.3) is 5.91 Å². The average molecular weight is 477 g/mol. The number of anilines is 1. The molecule has 0 atom stereocenters. The van der Waals surface area contributed by atoms with Crippen LogP contribution in [0.4, 0.5) is 10.5 Å². The topological polar surface area (TPSA) is 98.7 Å². The largest absolute Gasteiger partial charge is 0.507 e. The zero-order valence-corrected chi connectivity index (χ0v) is 16.5. The highest BCUT2D eigenvalue weighted by atomic mass is 127. The molecule has 0 saturated carbocycles. The molecule has 0 aromatic heterocycles. The number of carbonyl (C=O) groups excluding carboxylic acids is 3. The van der Waals surface area contributed by atoms with Crippen LogP contribution in [0.25, 0.3) is 6.08 Å². The Labute approximate surface area is 169 Å². The maximum absolute atomic E-state index is 12.5. The normalized spacial score (nSPS) is 15.2. The Morgan fingerprint density at radius 3 is 2.74 bits per heavy atom. The van der Waals surface area contributed by atoms with E-state index in [2.05, 4.69) is 10.6 Å². The molecule has 1 aliphatic rings. The number of rotatable bonds is 4. The molecular formula is C19H16IN3O4. The van der Waals surface area contributed by atoms with Crippen LogP contribution < -0.4 is 10.6 Å². The monoisotopic (exact) mass is 477 g/mol. The van der Waals surface area contributed by atoms with Crippen LogP contribution in [-0.2, 0) is 9.59 Å². The standard InChI is InChI=1S/C19H16IN3O4/c1-11-3-2-4-13(7-11)21-17(25)10-23-18(26)15(22-19(23)27)9-12-5-6-16(24)14(20)8-12/h2-9,24H,10H2,1H3,(H,21,25)(H,22,27)/b15-9-. The Kier molecular flexibility index (Phi) is 5.45. The Hall–Kier alpha value is -2.88. The lowest BCUT2D eigenvalue weighted by Crippen LogP contribution is -2.38. The predicted octanol–water partition coefficient (Wildman–Crippen LogP) is 2.84. The number of phenolic OH excluding ortho intramolecular Hbond substituents is 1. The number of aromatic hydroxyl groups is 1. The van der Waals surface area contributed by atoms with Crippen molar-refractivity contribution in [1.29, 1.82) is 0 Å². The van der Waals surface area contributed by atoms with Gasteiger partial charge in [0.05, 0.1) is 3.57 Å². The minimum atomic E-state index is -0.654. The van der Waals surface area contributed by atoms with Gasteiger partial charge in [0, 0.05) is 5.69 Å². The van der Waals surface area contributed by atoms with Crippen molar-refractivity contribution in [2.45, 2.75) is 6.92 Å². The summed E-state index contributed by atoms with van der Waals surface area (Å²) in [5, 5.41) is 14.7. The van der Waals surface area contributed by atoms with Crippen molar-refractivity contribution in [3.8, 4) is 5.75 Å². The number of phenols is 1. The highest BCUT2D eigenvalue weighted by molar-refractivity contribution is 14.1. The smallest absolute Gasteiger partial charge is 0.329 e. The Balaban J connectivity index is 1.71. The summed E-state index contributed by atoms with van der Waals surface area (Å²) in [5.74, 6) is -0.916. The van der Waals surface area contributed by atoms with Gasteiger partial charge in [-0.25, -0.2) is 9.69 Å². The summed E-state index contributed by atoms with van der Waals surface area (Å²) in [6, 6.07) is 11.4. The molecular weight excluding hydrogens is 461 g/mol. The summed E-state index contributed by atoms with van der Waals surface area (Å²) in [4.78, 5) is 37.6. The number of amides is 4. The van der Waals surface area contributed by atoms with Crippen LogP contribution in [0.3, 0.4) is 0 Å². The first kappa shape index (κ1) is 18.9. The third kappa shape index (κ3) is 4.45. The summed E-state index contributed by atoms with van der Waals surface area (Å²) in [6.07, 6.45) is 1.50. The third-order valence-corrected chi connectivity index (χ3v) is 4.71. The van der Waals surface area contributed by atoms with Crippen molar-refractivity contribution in [1.82, 2.24) is 10.2 Å². The molecule has 0 radical (unpaired) electrons. The molecule has 1 saturated heterocycles. The molecule has 0 unspecified atom stereocenters. The molecule has 2 aromatic carbocycles. The fraction of sp³-hybridized carbons (Fsp3) is 0.105. The number of nitrogens with zero attached hydrogens (tertiary/aromatic N) is 1. The van der Waals surface area contributed by atoms with Gasteiger partial charge in [-0.05, 0) is 71.0 Å². The summed E-state index contributed by atoms with van der Waals surface area (Å²) >= 11 is 1.96. The second-order valence-electron chi connectivity index (χ2n) is 6.01. The molecule has 1 fully saturated rings. The summed E-state index contributed by atoms with van der Waals surface area (Å²) in [6.45, 7) is 1.51. The maximum atomic E-state index is 12.5. The van der Waals surface area contributed by atoms with Crippen LogP contribution in [0.2, 0.25) is 0 Å². The summed E-state index contributed by atoms with van der Waals surface area (Å²) < 4.78 is 0.619. The van der Waals surface area contributed by atoms with Crippen LogP contribution in [-0.4, -0.2) is 34.4 Å². The first-order valence-corrected chi connectivity index (χ1v) is 9.11. The molecule has 3 N–H and O–H groups in total.